The maximum absolute atomic E-state index is 6.15. The van der Waals surface area contributed by atoms with E-state index < -0.39 is 0 Å². The SMILES string of the molecule is [Pt+2].[c-]1c(-c2ccc(-c3ccccc3)cn2)cccc1-n1c2[c-]c(-c3nc4ccccc4o3)ccc2c2cc(-c3ccccc3)ccc21. The second-order valence-electron chi connectivity index (χ2n) is 11.3. The Morgan fingerprint density at radius 1 is 0.553 bits per heavy atom. The van der Waals surface area contributed by atoms with Gasteiger partial charge in [-0.3, -0.25) is 4.98 Å². The molecule has 0 N–H and O–H groups in total. The number of hydrogen-bond donors (Lipinski definition) is 0. The first kappa shape index (κ1) is 28.9. The van der Waals surface area contributed by atoms with Crippen molar-refractivity contribution in [1.29, 1.82) is 0 Å². The fraction of sp³-hybridized carbons (Fsp3) is 0. The van der Waals surface area contributed by atoms with Gasteiger partial charge in [0, 0.05) is 11.7 Å². The molecule has 6 aromatic carbocycles. The molecule has 0 bridgehead atoms. The maximum atomic E-state index is 6.15. The molecule has 3 aromatic heterocycles. The fourth-order valence-corrected chi connectivity index (χ4v) is 6.21. The number of nitrogens with zero attached hydrogens (tertiary/aromatic N) is 3. The van der Waals surface area contributed by atoms with E-state index in [-0.39, 0.29) is 21.1 Å². The summed E-state index contributed by atoms with van der Waals surface area (Å²) in [6.45, 7) is 0. The molecule has 0 unspecified atom stereocenters. The van der Waals surface area contributed by atoms with E-state index >= 15 is 0 Å². The molecule has 4 nitrogen and oxygen atoms in total. The molecule has 0 amide bonds. The minimum Gasteiger partial charge on any atom is -0.481 e. The Morgan fingerprint density at radius 3 is 2.06 bits per heavy atom. The molecular weight excluding hydrogens is 758 g/mol. The molecule has 0 aliphatic rings. The van der Waals surface area contributed by atoms with Crippen molar-refractivity contribution in [3.05, 3.63) is 164 Å². The van der Waals surface area contributed by atoms with Crippen molar-refractivity contribution in [1.82, 2.24) is 14.5 Å². The Balaban J connectivity index is 0.00000324. The van der Waals surface area contributed by atoms with Crippen molar-refractivity contribution in [2.24, 2.45) is 0 Å². The van der Waals surface area contributed by atoms with E-state index in [4.69, 9.17) is 14.4 Å². The van der Waals surface area contributed by atoms with Gasteiger partial charge in [0.1, 0.15) is 11.5 Å². The third-order valence-electron chi connectivity index (χ3n) is 8.47. The predicted molar refractivity (Wildman–Crippen MR) is 186 cm³/mol. The number of benzene rings is 6. The summed E-state index contributed by atoms with van der Waals surface area (Å²) in [4.78, 5) is 9.58. The van der Waals surface area contributed by atoms with Gasteiger partial charge in [0.15, 0.2) is 0 Å². The molecule has 0 fully saturated rings. The molecule has 9 aromatic rings. The van der Waals surface area contributed by atoms with Crippen LogP contribution in [0.3, 0.4) is 0 Å². The Morgan fingerprint density at radius 2 is 1.30 bits per heavy atom. The predicted octanol–water partition coefficient (Wildman–Crippen LogP) is 10.6. The molecule has 0 aliphatic heterocycles. The number of hydrogen-bond acceptors (Lipinski definition) is 3. The minimum absolute atomic E-state index is 0. The second kappa shape index (κ2) is 12.0. The van der Waals surface area contributed by atoms with Crippen LogP contribution in [0.15, 0.2) is 156 Å². The quantitative estimate of drug-likeness (QED) is 0.163. The molecule has 0 radical (unpaired) electrons. The molecule has 5 heteroatoms. The monoisotopic (exact) mass is 782 g/mol. The molecule has 0 atom stereocenters. The maximum Gasteiger partial charge on any atom is 2.00 e. The molecule has 0 saturated carbocycles. The normalized spacial score (nSPS) is 11.2. The van der Waals surface area contributed by atoms with Gasteiger partial charge in [-0.25, -0.2) is 0 Å². The Kier molecular flexibility index (Phi) is 7.36. The average Bonchev–Trinajstić information content (AvgIpc) is 3.71. The number of oxazole rings is 1. The molecule has 3 heterocycles. The van der Waals surface area contributed by atoms with E-state index in [1.54, 1.807) is 0 Å². The van der Waals surface area contributed by atoms with Crippen LogP contribution in [0.5, 0.6) is 0 Å². The van der Waals surface area contributed by atoms with Crippen LogP contribution in [0.25, 0.3) is 83.6 Å². The first-order valence-electron chi connectivity index (χ1n) is 15.2. The molecule has 47 heavy (non-hydrogen) atoms. The van der Waals surface area contributed by atoms with E-state index in [0.717, 1.165) is 72.1 Å². The summed E-state index contributed by atoms with van der Waals surface area (Å²) < 4.78 is 8.38. The van der Waals surface area contributed by atoms with Crippen LogP contribution in [0, 0.1) is 12.1 Å². The van der Waals surface area contributed by atoms with Crippen LogP contribution in [0.2, 0.25) is 0 Å². The summed E-state index contributed by atoms with van der Waals surface area (Å²) in [5.74, 6) is 0.547. The molecule has 0 spiro atoms. The Labute approximate surface area is 286 Å². The van der Waals surface area contributed by atoms with Gasteiger partial charge in [-0.05, 0) is 62.7 Å². The van der Waals surface area contributed by atoms with Gasteiger partial charge in [-0.1, -0.05) is 108 Å². The minimum atomic E-state index is 0. The second-order valence-corrected chi connectivity index (χ2v) is 11.3. The Hall–Kier alpha value is -5.57. The van der Waals surface area contributed by atoms with E-state index in [1.807, 2.05) is 60.8 Å². The van der Waals surface area contributed by atoms with Gasteiger partial charge in [0.25, 0.3) is 0 Å². The molecule has 9 rings (SSSR count). The van der Waals surface area contributed by atoms with Crippen molar-refractivity contribution < 1.29 is 25.5 Å². The third-order valence-corrected chi connectivity index (χ3v) is 8.47. The van der Waals surface area contributed by atoms with Crippen LogP contribution >= 0.6 is 0 Å². The summed E-state index contributed by atoms with van der Waals surface area (Å²) in [7, 11) is 0. The molecule has 0 aliphatic carbocycles. The van der Waals surface area contributed by atoms with Gasteiger partial charge < -0.3 is 14.0 Å². The number of para-hydroxylation sites is 2. The van der Waals surface area contributed by atoms with Gasteiger partial charge in [0.2, 0.25) is 0 Å². The van der Waals surface area contributed by atoms with E-state index in [2.05, 4.69) is 108 Å². The number of fused-ring (bicyclic) bond motifs is 4. The summed E-state index contributed by atoms with van der Waals surface area (Å²) in [6.07, 6.45) is 1.93. The van der Waals surface area contributed by atoms with Crippen molar-refractivity contribution >= 4 is 32.9 Å². The van der Waals surface area contributed by atoms with E-state index in [1.165, 1.54) is 5.56 Å². The number of rotatable bonds is 5. The van der Waals surface area contributed by atoms with Gasteiger partial charge >= 0.3 is 21.1 Å². The zero-order valence-corrected chi connectivity index (χ0v) is 27.3. The van der Waals surface area contributed by atoms with Crippen LogP contribution < -0.4 is 0 Å². The fourth-order valence-electron chi connectivity index (χ4n) is 6.21. The summed E-state index contributed by atoms with van der Waals surface area (Å²) in [5, 5.41) is 2.23. The largest absolute Gasteiger partial charge is 2.00 e. The summed E-state index contributed by atoms with van der Waals surface area (Å²) in [6, 6.07) is 57.2. The topological polar surface area (TPSA) is 43.9 Å². The molecule has 224 valence electrons. The van der Waals surface area contributed by atoms with Crippen LogP contribution in [0.4, 0.5) is 0 Å². The molecular formula is C42H25N3OPt. The van der Waals surface area contributed by atoms with E-state index in [0.29, 0.717) is 5.89 Å². The number of aromatic nitrogens is 3. The third kappa shape index (κ3) is 5.17. The van der Waals surface area contributed by atoms with Crippen molar-refractivity contribution in [3.63, 3.8) is 0 Å². The zero-order valence-electron chi connectivity index (χ0n) is 25.0. The van der Waals surface area contributed by atoms with Crippen LogP contribution in [-0.4, -0.2) is 14.5 Å². The van der Waals surface area contributed by atoms with Gasteiger partial charge in [-0.2, -0.15) is 0 Å². The van der Waals surface area contributed by atoms with Crippen LogP contribution in [0.1, 0.15) is 0 Å². The van der Waals surface area contributed by atoms with Crippen molar-refractivity contribution in [2.45, 2.75) is 0 Å². The van der Waals surface area contributed by atoms with Crippen molar-refractivity contribution in [3.8, 4) is 50.7 Å². The summed E-state index contributed by atoms with van der Waals surface area (Å²) in [5.41, 5.74) is 11.6. The first-order chi connectivity index (χ1) is 22.8. The smallest absolute Gasteiger partial charge is 0.481 e. The standard InChI is InChI=1S/C42H25N3O.Pt/c1-3-10-28(11-4-1)30-20-23-39-36(25-30)35-21-18-32(42-44-38-16-7-8-17-41(38)46-42)26-40(35)45(39)34-15-9-14-31(24-34)37-22-19-33(27-43-37)29-12-5-2-6-13-29;/h1-23,25,27H;/q-2;+2. The van der Waals surface area contributed by atoms with E-state index in [9.17, 15) is 0 Å². The Bertz CT molecular complexity index is 2480. The number of pyridine rings is 1. The average molecular weight is 783 g/mol. The van der Waals surface area contributed by atoms with Crippen molar-refractivity contribution in [2.75, 3.05) is 0 Å². The van der Waals surface area contributed by atoms with Gasteiger partial charge in [0.05, 0.1) is 5.52 Å². The zero-order chi connectivity index (χ0) is 30.5. The van der Waals surface area contributed by atoms with Crippen LogP contribution in [-0.2, 0) is 21.1 Å². The van der Waals surface area contributed by atoms with Gasteiger partial charge in [-0.15, -0.1) is 48.0 Å². The summed E-state index contributed by atoms with van der Waals surface area (Å²) >= 11 is 0. The first-order valence-corrected chi connectivity index (χ1v) is 15.2. The molecule has 0 saturated heterocycles.